The van der Waals surface area contributed by atoms with Crippen molar-refractivity contribution >= 4 is 44.1 Å². The third-order valence-corrected chi connectivity index (χ3v) is 5.85. The predicted molar refractivity (Wildman–Crippen MR) is 108 cm³/mol. The molecule has 0 saturated carbocycles. The molecule has 2 heterocycles. The molecule has 0 aliphatic carbocycles. The number of thiophene rings is 1. The molecule has 0 saturated heterocycles. The lowest BCUT2D eigenvalue weighted by molar-refractivity contribution is 0.0605. The Morgan fingerprint density at radius 1 is 1.14 bits per heavy atom. The van der Waals surface area contributed by atoms with Gasteiger partial charge in [0.25, 0.3) is 5.56 Å². The molecule has 0 unspecified atom stereocenters. The number of carbonyl (C=O) groups excluding carboxylic acids is 2. The van der Waals surface area contributed by atoms with Gasteiger partial charge in [-0.1, -0.05) is 36.4 Å². The van der Waals surface area contributed by atoms with Gasteiger partial charge in [-0.3, -0.25) is 14.2 Å². The molecule has 0 fully saturated rings. The van der Waals surface area contributed by atoms with Crippen LogP contribution in [0.4, 0.5) is 0 Å². The Hall–Kier alpha value is -3.32. The van der Waals surface area contributed by atoms with E-state index < -0.39 is 5.97 Å². The number of methoxy groups -OCH3 is 1. The minimum atomic E-state index is -0.501. The highest BCUT2D eigenvalue weighted by molar-refractivity contribution is 7.20. The monoisotopic (exact) mass is 392 g/mol. The average molecular weight is 392 g/mol. The molecule has 4 rings (SSSR count). The number of nitrogens with zero attached hydrogens (tertiary/aromatic N) is 2. The first-order valence-electron chi connectivity index (χ1n) is 8.58. The number of Topliss-reactive ketones (excluding diaryl/α,β-unsaturated/α-hetero) is 1. The van der Waals surface area contributed by atoms with Crippen LogP contribution in [0, 0.1) is 6.92 Å². The maximum atomic E-state index is 12.9. The SMILES string of the molecule is COC(=O)c1sc2ncn(CC(=O)c3ccc4ccccc4c3)c(=O)c2c1C. The van der Waals surface area contributed by atoms with Gasteiger partial charge in [0.2, 0.25) is 0 Å². The van der Waals surface area contributed by atoms with Gasteiger partial charge in [0.1, 0.15) is 9.71 Å². The van der Waals surface area contributed by atoms with Gasteiger partial charge in [0.15, 0.2) is 5.78 Å². The molecule has 0 atom stereocenters. The van der Waals surface area contributed by atoms with Crippen LogP contribution in [0.15, 0.2) is 53.6 Å². The lowest BCUT2D eigenvalue weighted by Gasteiger charge is -2.06. The van der Waals surface area contributed by atoms with Gasteiger partial charge in [0.05, 0.1) is 25.4 Å². The summed E-state index contributed by atoms with van der Waals surface area (Å²) in [5.74, 6) is -0.686. The van der Waals surface area contributed by atoms with Gasteiger partial charge < -0.3 is 4.74 Å². The number of aromatic nitrogens is 2. The quantitative estimate of drug-likeness (QED) is 0.392. The van der Waals surface area contributed by atoms with E-state index in [1.54, 1.807) is 13.0 Å². The molecule has 0 aliphatic heterocycles. The third kappa shape index (κ3) is 2.99. The van der Waals surface area contributed by atoms with Crippen LogP contribution in [0.25, 0.3) is 21.0 Å². The van der Waals surface area contributed by atoms with Gasteiger partial charge in [-0.2, -0.15) is 0 Å². The van der Waals surface area contributed by atoms with Crippen molar-refractivity contribution in [3.8, 4) is 0 Å². The zero-order chi connectivity index (χ0) is 19.8. The summed E-state index contributed by atoms with van der Waals surface area (Å²) < 4.78 is 6.03. The number of fused-ring (bicyclic) bond motifs is 2. The lowest BCUT2D eigenvalue weighted by atomic mass is 10.0. The van der Waals surface area contributed by atoms with Crippen molar-refractivity contribution in [3.63, 3.8) is 0 Å². The van der Waals surface area contributed by atoms with E-state index in [4.69, 9.17) is 4.74 Å². The molecule has 4 aromatic rings. The molecule has 2 aromatic heterocycles. The molecular formula is C21H16N2O4S. The maximum absolute atomic E-state index is 12.9. The van der Waals surface area contributed by atoms with E-state index in [-0.39, 0.29) is 17.9 Å². The van der Waals surface area contributed by atoms with E-state index in [2.05, 4.69) is 4.98 Å². The molecule has 7 heteroatoms. The fourth-order valence-corrected chi connectivity index (χ4v) is 4.23. The number of ketones is 1. The minimum Gasteiger partial charge on any atom is -0.465 e. The first-order valence-corrected chi connectivity index (χ1v) is 9.40. The van der Waals surface area contributed by atoms with Crippen molar-refractivity contribution < 1.29 is 14.3 Å². The predicted octanol–water partition coefficient (Wildman–Crippen LogP) is 3.59. The third-order valence-electron chi connectivity index (χ3n) is 4.67. The van der Waals surface area contributed by atoms with Gasteiger partial charge in [-0.15, -0.1) is 11.3 Å². The van der Waals surface area contributed by atoms with Crippen molar-refractivity contribution in [2.45, 2.75) is 13.5 Å². The molecule has 0 spiro atoms. The van der Waals surface area contributed by atoms with Crippen LogP contribution < -0.4 is 5.56 Å². The Kier molecular flexibility index (Phi) is 4.52. The van der Waals surface area contributed by atoms with Crippen LogP contribution in [-0.2, 0) is 11.3 Å². The normalized spacial score (nSPS) is 11.1. The van der Waals surface area contributed by atoms with Crippen LogP contribution >= 0.6 is 11.3 Å². The summed E-state index contributed by atoms with van der Waals surface area (Å²) in [6, 6.07) is 13.2. The van der Waals surface area contributed by atoms with E-state index >= 15 is 0 Å². The summed E-state index contributed by atoms with van der Waals surface area (Å²) >= 11 is 1.11. The number of hydrogen-bond acceptors (Lipinski definition) is 6. The summed E-state index contributed by atoms with van der Waals surface area (Å²) in [5.41, 5.74) is 0.711. The Morgan fingerprint density at radius 3 is 2.64 bits per heavy atom. The van der Waals surface area contributed by atoms with Crippen LogP contribution in [0.5, 0.6) is 0 Å². The number of carbonyl (C=O) groups is 2. The Bertz CT molecular complexity index is 1300. The Morgan fingerprint density at radius 2 is 1.89 bits per heavy atom. The molecular weight excluding hydrogens is 376 g/mol. The van der Waals surface area contributed by atoms with Crippen LogP contribution in [0.1, 0.15) is 25.6 Å². The molecule has 0 radical (unpaired) electrons. The number of esters is 1. The van der Waals surface area contributed by atoms with Gasteiger partial charge in [0, 0.05) is 5.56 Å². The molecule has 28 heavy (non-hydrogen) atoms. The van der Waals surface area contributed by atoms with Crippen molar-refractivity contribution in [2.24, 2.45) is 0 Å². The fourth-order valence-electron chi connectivity index (χ4n) is 3.17. The van der Waals surface area contributed by atoms with Crippen molar-refractivity contribution in [1.82, 2.24) is 9.55 Å². The van der Waals surface area contributed by atoms with E-state index in [9.17, 15) is 14.4 Å². The van der Waals surface area contributed by atoms with E-state index in [0.717, 1.165) is 22.1 Å². The summed E-state index contributed by atoms with van der Waals surface area (Å²) in [5, 5.41) is 2.36. The topological polar surface area (TPSA) is 78.3 Å². The number of benzene rings is 2. The average Bonchev–Trinajstić information content (AvgIpc) is 3.06. The van der Waals surface area contributed by atoms with Gasteiger partial charge >= 0.3 is 5.97 Å². The highest BCUT2D eigenvalue weighted by Gasteiger charge is 2.20. The summed E-state index contributed by atoms with van der Waals surface area (Å²) in [6.07, 6.45) is 1.35. The Balaban J connectivity index is 1.71. The summed E-state index contributed by atoms with van der Waals surface area (Å²) in [7, 11) is 1.29. The highest BCUT2D eigenvalue weighted by atomic mass is 32.1. The van der Waals surface area contributed by atoms with Gasteiger partial charge in [-0.25, -0.2) is 9.78 Å². The zero-order valence-corrected chi connectivity index (χ0v) is 16.1. The lowest BCUT2D eigenvalue weighted by Crippen LogP contribution is -2.24. The molecule has 140 valence electrons. The first-order chi connectivity index (χ1) is 13.5. The van der Waals surface area contributed by atoms with Crippen molar-refractivity contribution in [3.05, 3.63) is 75.1 Å². The second kappa shape index (κ2) is 7.01. The zero-order valence-electron chi connectivity index (χ0n) is 15.3. The van der Waals surface area contributed by atoms with Crippen molar-refractivity contribution in [2.75, 3.05) is 7.11 Å². The number of hydrogen-bond donors (Lipinski definition) is 0. The van der Waals surface area contributed by atoms with Crippen LogP contribution in [0.3, 0.4) is 0 Å². The summed E-state index contributed by atoms with van der Waals surface area (Å²) in [6.45, 7) is 1.56. The number of rotatable bonds is 4. The standard InChI is InChI=1S/C21H16N2O4S/c1-12-17-19(28-18(12)21(26)27-2)22-11-23(20(17)25)10-16(24)15-8-7-13-5-3-4-6-14(13)9-15/h3-9,11H,10H2,1-2H3. The summed E-state index contributed by atoms with van der Waals surface area (Å²) in [4.78, 5) is 42.5. The first kappa shape index (κ1) is 18.1. The van der Waals surface area contributed by atoms with Crippen LogP contribution in [-0.4, -0.2) is 28.4 Å². The second-order valence-corrected chi connectivity index (χ2v) is 7.39. The highest BCUT2D eigenvalue weighted by Crippen LogP contribution is 2.27. The van der Waals surface area contributed by atoms with E-state index in [1.165, 1.54) is 18.0 Å². The molecule has 2 aromatic carbocycles. The van der Waals surface area contributed by atoms with Gasteiger partial charge in [-0.05, 0) is 29.3 Å². The smallest absolute Gasteiger partial charge is 0.348 e. The fraction of sp³-hybridized carbons (Fsp3) is 0.143. The molecule has 6 nitrogen and oxygen atoms in total. The van der Waals surface area contributed by atoms with Crippen molar-refractivity contribution in [1.29, 1.82) is 0 Å². The Labute approximate surface area is 164 Å². The molecule has 0 bridgehead atoms. The number of ether oxygens (including phenoxy) is 1. The maximum Gasteiger partial charge on any atom is 0.348 e. The number of aryl methyl sites for hydroxylation is 1. The molecule has 0 amide bonds. The van der Waals surface area contributed by atoms with E-state index in [1.807, 2.05) is 36.4 Å². The van der Waals surface area contributed by atoms with Crippen LogP contribution in [0.2, 0.25) is 0 Å². The minimum absolute atomic E-state index is 0.122. The van der Waals surface area contributed by atoms with E-state index in [0.29, 0.717) is 26.2 Å². The largest absolute Gasteiger partial charge is 0.465 e. The second-order valence-electron chi connectivity index (χ2n) is 6.39. The molecule has 0 N–H and O–H groups in total. The molecule has 0 aliphatic rings.